The van der Waals surface area contributed by atoms with E-state index in [1.165, 1.54) is 32.2 Å². The Hall–Kier alpha value is -2.04. The van der Waals surface area contributed by atoms with Gasteiger partial charge in [-0.2, -0.15) is 0 Å². The van der Waals surface area contributed by atoms with E-state index in [1.807, 2.05) is 24.2 Å². The summed E-state index contributed by atoms with van der Waals surface area (Å²) >= 11 is 1.81. The maximum atomic E-state index is 10.1. The number of nitrogens with zero attached hydrogens (tertiary/aromatic N) is 2. The van der Waals surface area contributed by atoms with Crippen LogP contribution in [0.5, 0.6) is 0 Å². The van der Waals surface area contributed by atoms with Gasteiger partial charge in [0, 0.05) is 35.1 Å². The van der Waals surface area contributed by atoms with Crippen LogP contribution in [0.2, 0.25) is 0 Å². The minimum Gasteiger partial charge on any atom is -0.392 e. The van der Waals surface area contributed by atoms with Crippen LogP contribution in [-0.4, -0.2) is 14.7 Å². The van der Waals surface area contributed by atoms with Gasteiger partial charge in [0.1, 0.15) is 0 Å². The van der Waals surface area contributed by atoms with Crippen LogP contribution in [0.1, 0.15) is 53.3 Å². The van der Waals surface area contributed by atoms with Gasteiger partial charge in [-0.1, -0.05) is 43.3 Å². The van der Waals surface area contributed by atoms with Crippen molar-refractivity contribution >= 4 is 11.8 Å². The first-order valence-corrected chi connectivity index (χ1v) is 10.2. The van der Waals surface area contributed by atoms with Crippen LogP contribution in [0.4, 0.5) is 0 Å². The maximum absolute atomic E-state index is 10.1. The molecule has 0 spiro atoms. The lowest BCUT2D eigenvalue weighted by atomic mass is 10.0. The molecule has 1 N–H and O–H groups in total. The van der Waals surface area contributed by atoms with Gasteiger partial charge in [-0.15, -0.1) is 0 Å². The SMILES string of the molecule is Cc1ccc(Sc2c(C(C)C)c(CO)c(C)n2Cc2ccncc2)c(C)c1. The van der Waals surface area contributed by atoms with Gasteiger partial charge >= 0.3 is 0 Å². The molecule has 2 heterocycles. The Bertz CT molecular complexity index is 929. The number of rotatable bonds is 6. The number of aliphatic hydroxyl groups excluding tert-OH is 1. The van der Waals surface area contributed by atoms with E-state index in [9.17, 15) is 5.11 Å². The largest absolute Gasteiger partial charge is 0.392 e. The predicted molar refractivity (Wildman–Crippen MR) is 113 cm³/mol. The van der Waals surface area contributed by atoms with E-state index in [4.69, 9.17) is 0 Å². The number of aromatic nitrogens is 2. The Kier molecular flexibility index (Phi) is 6.08. The third kappa shape index (κ3) is 4.12. The molecule has 1 aromatic carbocycles. The topological polar surface area (TPSA) is 38.0 Å². The third-order valence-electron chi connectivity index (χ3n) is 5.00. The summed E-state index contributed by atoms with van der Waals surface area (Å²) in [4.78, 5) is 5.40. The second kappa shape index (κ2) is 8.32. The molecule has 0 aliphatic rings. The zero-order chi connectivity index (χ0) is 19.6. The van der Waals surface area contributed by atoms with Crippen molar-refractivity contribution in [2.24, 2.45) is 0 Å². The molecule has 0 saturated carbocycles. The zero-order valence-corrected chi connectivity index (χ0v) is 17.6. The molecule has 0 atom stereocenters. The maximum Gasteiger partial charge on any atom is 0.0840 e. The van der Waals surface area contributed by atoms with Gasteiger partial charge in [-0.3, -0.25) is 4.98 Å². The average Bonchev–Trinajstić information content (AvgIpc) is 2.90. The van der Waals surface area contributed by atoms with Crippen LogP contribution >= 0.6 is 11.8 Å². The second-order valence-electron chi connectivity index (χ2n) is 7.41. The van der Waals surface area contributed by atoms with Gasteiger partial charge in [0.2, 0.25) is 0 Å². The Morgan fingerprint density at radius 3 is 2.37 bits per heavy atom. The summed E-state index contributed by atoms with van der Waals surface area (Å²) in [6.45, 7) is 11.7. The quantitative estimate of drug-likeness (QED) is 0.603. The van der Waals surface area contributed by atoms with E-state index < -0.39 is 0 Å². The molecule has 0 aliphatic carbocycles. The summed E-state index contributed by atoms with van der Waals surface area (Å²) in [5, 5.41) is 11.3. The van der Waals surface area contributed by atoms with Crippen LogP contribution in [0, 0.1) is 20.8 Å². The first-order chi connectivity index (χ1) is 12.9. The van der Waals surface area contributed by atoms with Crippen molar-refractivity contribution in [1.82, 2.24) is 9.55 Å². The first-order valence-electron chi connectivity index (χ1n) is 9.39. The van der Waals surface area contributed by atoms with E-state index in [-0.39, 0.29) is 6.61 Å². The normalized spacial score (nSPS) is 11.4. The number of aliphatic hydroxyl groups is 1. The molecule has 0 aliphatic heterocycles. The van der Waals surface area contributed by atoms with E-state index >= 15 is 0 Å². The average molecular weight is 381 g/mol. The number of benzene rings is 1. The lowest BCUT2D eigenvalue weighted by Gasteiger charge is -2.15. The van der Waals surface area contributed by atoms with Crippen molar-refractivity contribution in [3.63, 3.8) is 0 Å². The minimum atomic E-state index is 0.0726. The lowest BCUT2D eigenvalue weighted by Crippen LogP contribution is -2.04. The summed E-state index contributed by atoms with van der Waals surface area (Å²) in [6, 6.07) is 10.7. The van der Waals surface area contributed by atoms with Gasteiger partial charge in [-0.05, 0) is 61.6 Å². The highest BCUT2D eigenvalue weighted by molar-refractivity contribution is 7.99. The number of hydrogen-bond donors (Lipinski definition) is 1. The van der Waals surface area contributed by atoms with E-state index in [0.717, 1.165) is 17.8 Å². The van der Waals surface area contributed by atoms with E-state index in [2.05, 4.69) is 74.5 Å². The van der Waals surface area contributed by atoms with Gasteiger partial charge in [-0.25, -0.2) is 0 Å². The summed E-state index contributed by atoms with van der Waals surface area (Å²) in [5.74, 6) is 0.345. The Morgan fingerprint density at radius 1 is 1.07 bits per heavy atom. The monoisotopic (exact) mass is 380 g/mol. The molecular weight excluding hydrogens is 352 g/mol. The van der Waals surface area contributed by atoms with Crippen molar-refractivity contribution < 1.29 is 5.11 Å². The van der Waals surface area contributed by atoms with Gasteiger partial charge in [0.25, 0.3) is 0 Å². The molecule has 0 amide bonds. The standard InChI is InChI=1S/C23H28N2OS/c1-15(2)22-20(14-26)18(5)25(13-19-8-10-24-11-9-19)23(22)27-21-7-6-16(3)12-17(21)4/h6-12,15,26H,13-14H2,1-5H3. The molecule has 3 aromatic rings. The number of pyridine rings is 1. The van der Waals surface area contributed by atoms with Crippen LogP contribution in [-0.2, 0) is 13.2 Å². The fourth-order valence-corrected chi connectivity index (χ4v) is 4.91. The predicted octanol–water partition coefficient (Wildman–Crippen LogP) is 5.62. The molecule has 0 saturated heterocycles. The highest BCUT2D eigenvalue weighted by Gasteiger charge is 2.23. The Labute approximate surface area is 166 Å². The molecule has 0 radical (unpaired) electrons. The van der Waals surface area contributed by atoms with Gasteiger partial charge in [0.05, 0.1) is 11.6 Å². The van der Waals surface area contributed by atoms with Crippen LogP contribution < -0.4 is 0 Å². The lowest BCUT2D eigenvalue weighted by molar-refractivity contribution is 0.279. The van der Waals surface area contributed by atoms with Gasteiger partial charge in [0.15, 0.2) is 0 Å². The van der Waals surface area contributed by atoms with Gasteiger partial charge < -0.3 is 9.67 Å². The summed E-state index contributed by atoms with van der Waals surface area (Å²) in [6.07, 6.45) is 3.67. The van der Waals surface area contributed by atoms with E-state index in [0.29, 0.717) is 5.92 Å². The van der Waals surface area contributed by atoms with Crippen LogP contribution in [0.3, 0.4) is 0 Å². The Morgan fingerprint density at radius 2 is 1.78 bits per heavy atom. The molecule has 142 valence electrons. The Balaban J connectivity index is 2.13. The number of hydrogen-bond acceptors (Lipinski definition) is 3. The van der Waals surface area contributed by atoms with Crippen molar-refractivity contribution in [3.05, 3.63) is 76.2 Å². The summed E-state index contributed by atoms with van der Waals surface area (Å²) in [7, 11) is 0. The molecule has 4 heteroatoms. The van der Waals surface area contributed by atoms with Crippen molar-refractivity contribution in [2.75, 3.05) is 0 Å². The summed E-state index contributed by atoms with van der Waals surface area (Å²) in [5.41, 5.74) is 7.24. The first kappa shape index (κ1) is 19.7. The van der Waals surface area contributed by atoms with E-state index in [1.54, 1.807) is 0 Å². The van der Waals surface area contributed by atoms with Crippen molar-refractivity contribution in [1.29, 1.82) is 0 Å². The fraction of sp³-hybridized carbons (Fsp3) is 0.348. The summed E-state index contributed by atoms with van der Waals surface area (Å²) < 4.78 is 2.35. The highest BCUT2D eigenvalue weighted by atomic mass is 32.2. The third-order valence-corrected chi connectivity index (χ3v) is 6.32. The van der Waals surface area contributed by atoms with Crippen LogP contribution in [0.25, 0.3) is 0 Å². The number of aryl methyl sites for hydroxylation is 2. The molecule has 3 nitrogen and oxygen atoms in total. The second-order valence-corrected chi connectivity index (χ2v) is 8.44. The van der Waals surface area contributed by atoms with Crippen LogP contribution in [0.15, 0.2) is 52.6 Å². The molecule has 27 heavy (non-hydrogen) atoms. The molecule has 0 bridgehead atoms. The highest BCUT2D eigenvalue weighted by Crippen LogP contribution is 2.41. The molecule has 0 unspecified atom stereocenters. The minimum absolute atomic E-state index is 0.0726. The smallest absolute Gasteiger partial charge is 0.0840 e. The zero-order valence-electron chi connectivity index (χ0n) is 16.8. The molecule has 0 fully saturated rings. The van der Waals surface area contributed by atoms with Crippen molar-refractivity contribution in [2.45, 2.75) is 63.6 Å². The molecular formula is C23H28N2OS. The molecule has 2 aromatic heterocycles. The molecule has 3 rings (SSSR count). The van der Waals surface area contributed by atoms with Crippen molar-refractivity contribution in [3.8, 4) is 0 Å². The fourth-order valence-electron chi connectivity index (χ4n) is 3.57.